The smallest absolute Gasteiger partial charge is 0.264 e. The first-order valence-electron chi connectivity index (χ1n) is 8.24. The van der Waals surface area contributed by atoms with Crippen LogP contribution in [0.4, 0.5) is 5.13 Å². The van der Waals surface area contributed by atoms with Crippen LogP contribution in [0.2, 0.25) is 0 Å². The standard InChI is InChI=1S/C19H20N2O4S2/c1-11-7-12(2)18(13(3)8-11)25-10-17(22)21-19-20-15-6-5-14(27(4,23)24)9-16(15)26-19/h5-9H,10H2,1-4H3,(H,20,21,22). The number of thiazole rings is 1. The van der Waals surface area contributed by atoms with E-state index in [1.54, 1.807) is 12.1 Å². The molecule has 1 heterocycles. The van der Waals surface area contributed by atoms with E-state index in [0.29, 0.717) is 21.1 Å². The van der Waals surface area contributed by atoms with Crippen molar-refractivity contribution in [3.05, 3.63) is 47.0 Å². The second-order valence-electron chi connectivity index (χ2n) is 6.49. The fraction of sp³-hybridized carbons (Fsp3) is 0.263. The van der Waals surface area contributed by atoms with E-state index < -0.39 is 9.84 Å². The highest BCUT2D eigenvalue weighted by Gasteiger charge is 2.13. The molecule has 6 nitrogen and oxygen atoms in total. The zero-order valence-corrected chi connectivity index (χ0v) is 17.1. The third-order valence-corrected chi connectivity index (χ3v) is 6.03. The van der Waals surface area contributed by atoms with E-state index in [2.05, 4.69) is 10.3 Å². The molecular formula is C19H20N2O4S2. The number of anilines is 1. The van der Waals surface area contributed by atoms with Crippen LogP contribution in [0.15, 0.2) is 35.2 Å². The summed E-state index contributed by atoms with van der Waals surface area (Å²) in [7, 11) is -3.29. The van der Waals surface area contributed by atoms with E-state index in [-0.39, 0.29) is 17.4 Å². The maximum absolute atomic E-state index is 12.2. The summed E-state index contributed by atoms with van der Waals surface area (Å²) in [6.07, 6.45) is 1.16. The first-order chi connectivity index (χ1) is 12.6. The minimum atomic E-state index is -3.29. The van der Waals surface area contributed by atoms with Gasteiger partial charge in [-0.1, -0.05) is 29.0 Å². The lowest BCUT2D eigenvalue weighted by Gasteiger charge is -2.12. The van der Waals surface area contributed by atoms with Crippen LogP contribution in [0.3, 0.4) is 0 Å². The third kappa shape index (κ3) is 4.45. The van der Waals surface area contributed by atoms with Crippen molar-refractivity contribution in [2.75, 3.05) is 18.2 Å². The largest absolute Gasteiger partial charge is 0.483 e. The van der Waals surface area contributed by atoms with E-state index in [9.17, 15) is 13.2 Å². The van der Waals surface area contributed by atoms with E-state index >= 15 is 0 Å². The Bertz CT molecular complexity index is 1110. The zero-order valence-electron chi connectivity index (χ0n) is 15.5. The summed E-state index contributed by atoms with van der Waals surface area (Å²) < 4.78 is 29.7. The van der Waals surface area contributed by atoms with Crippen LogP contribution in [0, 0.1) is 20.8 Å². The summed E-state index contributed by atoms with van der Waals surface area (Å²) in [5.74, 6) is 0.384. The van der Waals surface area contributed by atoms with Crippen molar-refractivity contribution in [1.82, 2.24) is 4.98 Å². The Morgan fingerprint density at radius 2 is 1.81 bits per heavy atom. The number of rotatable bonds is 5. The highest BCUT2D eigenvalue weighted by atomic mass is 32.2. The highest BCUT2D eigenvalue weighted by molar-refractivity contribution is 7.90. The molecule has 0 bridgehead atoms. The maximum Gasteiger partial charge on any atom is 0.264 e. The molecule has 0 aliphatic heterocycles. The number of aryl methyl sites for hydroxylation is 3. The summed E-state index contributed by atoms with van der Waals surface area (Å²) in [6.45, 7) is 5.77. The molecule has 27 heavy (non-hydrogen) atoms. The summed E-state index contributed by atoms with van der Waals surface area (Å²) in [5.41, 5.74) is 3.74. The molecule has 0 atom stereocenters. The van der Waals surface area contributed by atoms with Gasteiger partial charge in [0.2, 0.25) is 0 Å². The number of fused-ring (bicyclic) bond motifs is 1. The van der Waals surface area contributed by atoms with Gasteiger partial charge in [0.05, 0.1) is 15.1 Å². The first kappa shape index (κ1) is 19.3. The lowest BCUT2D eigenvalue weighted by Crippen LogP contribution is -2.20. The number of nitrogens with one attached hydrogen (secondary N) is 1. The lowest BCUT2D eigenvalue weighted by molar-refractivity contribution is -0.118. The van der Waals surface area contributed by atoms with Gasteiger partial charge in [0.15, 0.2) is 21.6 Å². The molecule has 0 spiro atoms. The number of nitrogens with zero attached hydrogens (tertiary/aromatic N) is 1. The molecule has 0 saturated heterocycles. The van der Waals surface area contributed by atoms with Crippen LogP contribution in [-0.2, 0) is 14.6 Å². The Morgan fingerprint density at radius 1 is 1.15 bits per heavy atom. The quantitative estimate of drug-likeness (QED) is 0.702. The molecule has 0 saturated carbocycles. The number of hydrogen-bond acceptors (Lipinski definition) is 6. The summed E-state index contributed by atoms with van der Waals surface area (Å²) >= 11 is 1.22. The monoisotopic (exact) mass is 404 g/mol. The van der Waals surface area contributed by atoms with Gasteiger partial charge in [-0.05, 0) is 50.1 Å². The summed E-state index contributed by atoms with van der Waals surface area (Å²) in [5, 5.41) is 3.11. The van der Waals surface area contributed by atoms with Gasteiger partial charge in [-0.15, -0.1) is 0 Å². The molecule has 0 fully saturated rings. The van der Waals surface area contributed by atoms with Crippen LogP contribution in [0.25, 0.3) is 10.2 Å². The van der Waals surface area contributed by atoms with Crippen molar-refractivity contribution in [3.8, 4) is 5.75 Å². The van der Waals surface area contributed by atoms with Gasteiger partial charge < -0.3 is 4.74 Å². The molecular weight excluding hydrogens is 384 g/mol. The van der Waals surface area contributed by atoms with Crippen LogP contribution in [0.5, 0.6) is 5.75 Å². The number of amides is 1. The minimum Gasteiger partial charge on any atom is -0.483 e. The van der Waals surface area contributed by atoms with Crippen molar-refractivity contribution >= 4 is 42.4 Å². The minimum absolute atomic E-state index is 0.130. The molecule has 2 aromatic carbocycles. The fourth-order valence-electron chi connectivity index (χ4n) is 2.88. The molecule has 1 aromatic heterocycles. The molecule has 8 heteroatoms. The van der Waals surface area contributed by atoms with E-state index in [4.69, 9.17) is 4.74 Å². The normalized spacial score (nSPS) is 11.6. The second kappa shape index (κ2) is 7.28. The van der Waals surface area contributed by atoms with Crippen LogP contribution < -0.4 is 10.1 Å². The molecule has 3 aromatic rings. The summed E-state index contributed by atoms with van der Waals surface area (Å²) in [4.78, 5) is 16.8. The van der Waals surface area contributed by atoms with E-state index in [1.165, 1.54) is 17.4 Å². The SMILES string of the molecule is Cc1cc(C)c(OCC(=O)Nc2nc3ccc(S(C)(=O)=O)cc3s2)c(C)c1. The van der Waals surface area contributed by atoms with Crippen LogP contribution in [-0.4, -0.2) is 32.2 Å². The topological polar surface area (TPSA) is 85.4 Å². The number of hydrogen-bond donors (Lipinski definition) is 1. The second-order valence-corrected chi connectivity index (χ2v) is 9.53. The van der Waals surface area contributed by atoms with Gasteiger partial charge in [-0.25, -0.2) is 13.4 Å². The molecule has 1 amide bonds. The van der Waals surface area contributed by atoms with Gasteiger partial charge >= 0.3 is 0 Å². The molecule has 0 aliphatic rings. The number of sulfone groups is 1. The van der Waals surface area contributed by atoms with Gasteiger partial charge in [0, 0.05) is 6.26 Å². The predicted octanol–water partition coefficient (Wildman–Crippen LogP) is 3.64. The van der Waals surface area contributed by atoms with Crippen molar-refractivity contribution in [1.29, 1.82) is 0 Å². The number of benzene rings is 2. The van der Waals surface area contributed by atoms with Gasteiger partial charge in [-0.2, -0.15) is 0 Å². The third-order valence-electron chi connectivity index (χ3n) is 3.99. The number of aromatic nitrogens is 1. The maximum atomic E-state index is 12.2. The Labute approximate surface area is 162 Å². The molecule has 0 radical (unpaired) electrons. The summed E-state index contributed by atoms with van der Waals surface area (Å²) in [6, 6.07) is 8.72. The Hall–Kier alpha value is -2.45. The fourth-order valence-corrected chi connectivity index (χ4v) is 4.52. The Kier molecular flexibility index (Phi) is 5.21. The van der Waals surface area contributed by atoms with Crippen molar-refractivity contribution < 1.29 is 17.9 Å². The molecule has 1 N–H and O–H groups in total. The van der Waals surface area contributed by atoms with Crippen LogP contribution in [0.1, 0.15) is 16.7 Å². The van der Waals surface area contributed by atoms with Gasteiger partial charge in [-0.3, -0.25) is 10.1 Å². The van der Waals surface area contributed by atoms with Crippen molar-refractivity contribution in [2.24, 2.45) is 0 Å². The Balaban J connectivity index is 1.71. The predicted molar refractivity (Wildman–Crippen MR) is 108 cm³/mol. The van der Waals surface area contributed by atoms with Crippen molar-refractivity contribution in [3.63, 3.8) is 0 Å². The van der Waals surface area contributed by atoms with Crippen molar-refractivity contribution in [2.45, 2.75) is 25.7 Å². The zero-order chi connectivity index (χ0) is 19.8. The molecule has 0 unspecified atom stereocenters. The molecule has 3 rings (SSSR count). The lowest BCUT2D eigenvalue weighted by atomic mass is 10.1. The molecule has 0 aliphatic carbocycles. The number of carbonyl (C=O) groups excluding carboxylic acids is 1. The van der Waals surface area contributed by atoms with Gasteiger partial charge in [0.25, 0.3) is 5.91 Å². The average molecular weight is 405 g/mol. The highest BCUT2D eigenvalue weighted by Crippen LogP contribution is 2.28. The van der Waals surface area contributed by atoms with Crippen LogP contribution >= 0.6 is 11.3 Å². The molecule has 142 valence electrons. The Morgan fingerprint density at radius 3 is 2.44 bits per heavy atom. The average Bonchev–Trinajstić information content (AvgIpc) is 2.94. The first-order valence-corrected chi connectivity index (χ1v) is 11.0. The van der Waals surface area contributed by atoms with E-state index in [1.807, 2.05) is 32.9 Å². The number of ether oxygens (including phenoxy) is 1. The van der Waals surface area contributed by atoms with Gasteiger partial charge in [0.1, 0.15) is 5.75 Å². The number of carbonyl (C=O) groups is 1. The van der Waals surface area contributed by atoms with E-state index in [0.717, 1.165) is 22.9 Å².